The molecule has 0 saturated carbocycles. The van der Waals surface area contributed by atoms with Crippen molar-refractivity contribution in [3.05, 3.63) is 29.6 Å². The first-order valence-electron chi connectivity index (χ1n) is 5.86. The van der Waals surface area contributed by atoms with Crippen LogP contribution in [0.25, 0.3) is 0 Å². The fourth-order valence-corrected chi connectivity index (χ4v) is 2.32. The van der Waals surface area contributed by atoms with E-state index in [1.165, 1.54) is 6.07 Å². The zero-order valence-corrected chi connectivity index (χ0v) is 12.6. The first-order valence-corrected chi connectivity index (χ1v) is 8.16. The summed E-state index contributed by atoms with van der Waals surface area (Å²) in [7, 11) is 0.849. The molecular formula is C12H15ClFNO4S. The molecule has 1 aromatic rings. The van der Waals surface area contributed by atoms with Gasteiger partial charge in [-0.05, 0) is 32.0 Å². The van der Waals surface area contributed by atoms with Gasteiger partial charge in [-0.25, -0.2) is 12.8 Å². The molecule has 0 atom stereocenters. The Morgan fingerprint density at radius 2 is 2.10 bits per heavy atom. The predicted octanol–water partition coefficient (Wildman–Crippen LogP) is 1.91. The van der Waals surface area contributed by atoms with Crippen LogP contribution in [0.3, 0.4) is 0 Å². The third-order valence-corrected chi connectivity index (χ3v) is 3.63. The number of rotatable bonds is 6. The van der Waals surface area contributed by atoms with Gasteiger partial charge < -0.3 is 10.1 Å². The van der Waals surface area contributed by atoms with Gasteiger partial charge in [0.05, 0.1) is 12.7 Å². The van der Waals surface area contributed by atoms with Gasteiger partial charge in [-0.2, -0.15) is 0 Å². The van der Waals surface area contributed by atoms with Gasteiger partial charge in [0, 0.05) is 22.8 Å². The largest absolute Gasteiger partial charge is 0.377 e. The number of ether oxygens (including phenoxy) is 1. The van der Waals surface area contributed by atoms with Crippen LogP contribution in [0, 0.1) is 5.82 Å². The lowest BCUT2D eigenvalue weighted by Gasteiger charge is -2.09. The smallest absolute Gasteiger partial charge is 0.264 e. The van der Waals surface area contributed by atoms with Gasteiger partial charge in [0.2, 0.25) is 0 Å². The van der Waals surface area contributed by atoms with Gasteiger partial charge in [-0.3, -0.25) is 4.79 Å². The van der Waals surface area contributed by atoms with E-state index in [0.29, 0.717) is 6.61 Å². The molecule has 0 aromatic heterocycles. The molecule has 0 saturated heterocycles. The molecule has 0 unspecified atom stereocenters. The van der Waals surface area contributed by atoms with E-state index >= 15 is 0 Å². The lowest BCUT2D eigenvalue weighted by atomic mass is 10.2. The Morgan fingerprint density at radius 1 is 1.45 bits per heavy atom. The van der Waals surface area contributed by atoms with Crippen LogP contribution in [0.1, 0.15) is 24.2 Å². The summed E-state index contributed by atoms with van der Waals surface area (Å²) in [5.41, 5.74) is 0.00942. The highest BCUT2D eigenvalue weighted by molar-refractivity contribution is 8.13. The van der Waals surface area contributed by atoms with Crippen LogP contribution in [-0.2, 0) is 13.8 Å². The van der Waals surface area contributed by atoms with Crippen LogP contribution in [0.2, 0.25) is 0 Å². The van der Waals surface area contributed by atoms with Gasteiger partial charge in [0.25, 0.3) is 15.0 Å². The molecular weight excluding hydrogens is 309 g/mol. The molecule has 0 heterocycles. The minimum atomic E-state index is -4.23. The quantitative estimate of drug-likeness (QED) is 0.641. The zero-order valence-electron chi connectivity index (χ0n) is 11.0. The summed E-state index contributed by atoms with van der Waals surface area (Å²) in [5, 5.41) is 2.53. The molecule has 1 N–H and O–H groups in total. The van der Waals surface area contributed by atoms with E-state index < -0.39 is 25.7 Å². The molecule has 20 heavy (non-hydrogen) atoms. The van der Waals surface area contributed by atoms with Crippen LogP contribution >= 0.6 is 10.7 Å². The lowest BCUT2D eigenvalue weighted by Crippen LogP contribution is -2.28. The zero-order chi connectivity index (χ0) is 15.3. The molecule has 1 amide bonds. The second kappa shape index (κ2) is 7.01. The predicted molar refractivity (Wildman–Crippen MR) is 72.9 cm³/mol. The van der Waals surface area contributed by atoms with Crippen molar-refractivity contribution in [2.75, 3.05) is 13.2 Å². The molecule has 0 aliphatic heterocycles. The number of nitrogens with one attached hydrogen (secondary N) is 1. The fourth-order valence-electron chi connectivity index (χ4n) is 1.39. The number of benzene rings is 1. The Labute approximate surface area is 121 Å². The summed E-state index contributed by atoms with van der Waals surface area (Å²) in [6, 6.07) is 2.96. The van der Waals surface area contributed by atoms with Gasteiger partial charge >= 0.3 is 0 Å². The molecule has 1 aromatic carbocycles. The Morgan fingerprint density at radius 3 is 2.65 bits per heavy atom. The van der Waals surface area contributed by atoms with Crippen molar-refractivity contribution >= 4 is 25.6 Å². The summed E-state index contributed by atoms with van der Waals surface area (Å²) in [5.74, 6) is -1.53. The van der Waals surface area contributed by atoms with E-state index in [4.69, 9.17) is 15.4 Å². The number of halogens is 2. The maximum Gasteiger partial charge on any atom is 0.264 e. The second-order valence-corrected chi connectivity index (χ2v) is 6.79. The molecule has 1 rings (SSSR count). The van der Waals surface area contributed by atoms with Gasteiger partial charge in [0.1, 0.15) is 10.7 Å². The van der Waals surface area contributed by atoms with E-state index in [1.54, 1.807) is 0 Å². The molecule has 0 fully saturated rings. The third kappa shape index (κ3) is 5.07. The minimum absolute atomic E-state index is 0.00942. The second-order valence-electron chi connectivity index (χ2n) is 4.26. The molecule has 0 bridgehead atoms. The molecule has 5 nitrogen and oxygen atoms in total. The summed E-state index contributed by atoms with van der Waals surface area (Å²) in [4.78, 5) is 11.0. The van der Waals surface area contributed by atoms with Crippen molar-refractivity contribution < 1.29 is 22.3 Å². The lowest BCUT2D eigenvalue weighted by molar-refractivity contribution is 0.0746. The molecule has 0 aliphatic carbocycles. The maximum absolute atomic E-state index is 13.3. The van der Waals surface area contributed by atoms with Crippen molar-refractivity contribution in [1.29, 1.82) is 0 Å². The highest BCUT2D eigenvalue weighted by atomic mass is 35.7. The van der Waals surface area contributed by atoms with E-state index in [2.05, 4.69) is 5.32 Å². The summed E-state index contributed by atoms with van der Waals surface area (Å²) >= 11 is 0. The van der Waals surface area contributed by atoms with Crippen molar-refractivity contribution in [3.63, 3.8) is 0 Å². The molecule has 0 radical (unpaired) electrons. The number of hydrogen-bond acceptors (Lipinski definition) is 4. The molecule has 0 spiro atoms. The van der Waals surface area contributed by atoms with E-state index in [1.807, 2.05) is 13.8 Å². The fraction of sp³-hybridized carbons (Fsp3) is 0.417. The maximum atomic E-state index is 13.3. The monoisotopic (exact) mass is 323 g/mol. The number of carbonyl (C=O) groups is 1. The highest BCUT2D eigenvalue weighted by Gasteiger charge is 2.18. The van der Waals surface area contributed by atoms with Crippen molar-refractivity contribution in [2.24, 2.45) is 0 Å². The SMILES string of the molecule is CC(C)OCCNC(=O)c1ccc(F)c(S(=O)(=O)Cl)c1. The Hall–Kier alpha value is -1.18. The van der Waals surface area contributed by atoms with Crippen LogP contribution in [0.15, 0.2) is 23.1 Å². The number of hydrogen-bond donors (Lipinski definition) is 1. The van der Waals surface area contributed by atoms with Crippen LogP contribution in [-0.4, -0.2) is 33.6 Å². The first kappa shape index (κ1) is 16.9. The molecule has 8 heteroatoms. The number of amides is 1. The van der Waals surface area contributed by atoms with Crippen molar-refractivity contribution in [3.8, 4) is 0 Å². The first-order chi connectivity index (χ1) is 9.21. The summed E-state index contributed by atoms with van der Waals surface area (Å²) in [6.07, 6.45) is 0.0470. The summed E-state index contributed by atoms with van der Waals surface area (Å²) < 4.78 is 40.8. The topological polar surface area (TPSA) is 72.5 Å². The highest BCUT2D eigenvalue weighted by Crippen LogP contribution is 2.20. The van der Waals surface area contributed by atoms with E-state index in [-0.39, 0.29) is 18.2 Å². The van der Waals surface area contributed by atoms with Gasteiger partial charge in [-0.15, -0.1) is 0 Å². The third-order valence-electron chi connectivity index (χ3n) is 2.29. The Balaban J connectivity index is 2.75. The molecule has 112 valence electrons. The van der Waals surface area contributed by atoms with Gasteiger partial charge in [-0.1, -0.05) is 0 Å². The average molecular weight is 324 g/mol. The standard InChI is InChI=1S/C12H15ClFNO4S/c1-8(2)19-6-5-15-12(16)9-3-4-10(14)11(7-9)20(13,17)18/h3-4,7-8H,5-6H2,1-2H3,(H,15,16). The van der Waals surface area contributed by atoms with Crippen LogP contribution < -0.4 is 5.32 Å². The van der Waals surface area contributed by atoms with Crippen LogP contribution in [0.5, 0.6) is 0 Å². The van der Waals surface area contributed by atoms with Crippen molar-refractivity contribution in [1.82, 2.24) is 5.32 Å². The van der Waals surface area contributed by atoms with E-state index in [9.17, 15) is 17.6 Å². The molecule has 0 aliphatic rings. The van der Waals surface area contributed by atoms with Gasteiger partial charge in [0.15, 0.2) is 0 Å². The average Bonchev–Trinajstić information content (AvgIpc) is 2.33. The van der Waals surface area contributed by atoms with E-state index in [0.717, 1.165) is 12.1 Å². The normalized spacial score (nSPS) is 11.7. The van der Waals surface area contributed by atoms with Crippen molar-refractivity contribution in [2.45, 2.75) is 24.8 Å². The Kier molecular flexibility index (Phi) is 5.91. The number of carbonyl (C=O) groups excluding carboxylic acids is 1. The minimum Gasteiger partial charge on any atom is -0.377 e. The Bertz CT molecular complexity index is 589. The van der Waals surface area contributed by atoms with Crippen LogP contribution in [0.4, 0.5) is 4.39 Å². The summed E-state index contributed by atoms with van der Waals surface area (Å²) in [6.45, 7) is 4.31.